The highest BCUT2D eigenvalue weighted by Gasteiger charge is 2.18. The van der Waals surface area contributed by atoms with Gasteiger partial charge in [-0.25, -0.2) is 0 Å². The van der Waals surface area contributed by atoms with Crippen LogP contribution in [0.2, 0.25) is 0 Å². The highest BCUT2D eigenvalue weighted by atomic mass is 16.5. The summed E-state index contributed by atoms with van der Waals surface area (Å²) in [6, 6.07) is 7.92. The van der Waals surface area contributed by atoms with Crippen LogP contribution in [0.15, 0.2) is 24.3 Å². The van der Waals surface area contributed by atoms with E-state index in [2.05, 4.69) is 5.32 Å². The lowest BCUT2D eigenvalue weighted by molar-refractivity contribution is 0.0828. The summed E-state index contributed by atoms with van der Waals surface area (Å²) in [6.45, 7) is 1.51. The highest BCUT2D eigenvalue weighted by molar-refractivity contribution is 5.99. The molecule has 1 aromatic carbocycles. The first-order valence-corrected chi connectivity index (χ1v) is 5.83. The Morgan fingerprint density at radius 1 is 1.41 bits per heavy atom. The predicted octanol–water partition coefficient (Wildman–Crippen LogP) is 1.59. The normalized spacial score (nSPS) is 19.1. The number of carbonyl (C=O) groups is 1. The number of benzene rings is 1. The van der Waals surface area contributed by atoms with E-state index >= 15 is 0 Å². The molecule has 1 atom stereocenters. The molecule has 1 aromatic rings. The molecule has 92 valence electrons. The quantitative estimate of drug-likeness (QED) is 0.863. The van der Waals surface area contributed by atoms with Crippen molar-refractivity contribution in [3.8, 4) is 0 Å². The van der Waals surface area contributed by atoms with Crippen molar-refractivity contribution >= 4 is 11.6 Å². The molecule has 1 aliphatic heterocycles. The Kier molecular flexibility index (Phi) is 3.64. The topological polar surface area (TPSA) is 41.6 Å². The standard InChI is InChI=1S/C13H18N2O2/c1-15(2)13(16)11-5-3-4-6-12(11)14-10-7-8-17-9-10/h3-6,10,14H,7-9H2,1-2H3. The molecule has 0 bridgehead atoms. The Labute approximate surface area is 102 Å². The summed E-state index contributed by atoms with van der Waals surface area (Å²) in [7, 11) is 3.52. The second-order valence-corrected chi connectivity index (χ2v) is 4.45. The lowest BCUT2D eigenvalue weighted by Crippen LogP contribution is -2.25. The number of ether oxygens (including phenoxy) is 1. The van der Waals surface area contributed by atoms with Crippen molar-refractivity contribution in [2.24, 2.45) is 0 Å². The maximum atomic E-state index is 12.0. The van der Waals surface area contributed by atoms with Crippen molar-refractivity contribution in [1.29, 1.82) is 0 Å². The highest BCUT2D eigenvalue weighted by Crippen LogP contribution is 2.19. The number of hydrogen-bond donors (Lipinski definition) is 1. The number of nitrogens with zero attached hydrogens (tertiary/aromatic N) is 1. The molecule has 1 N–H and O–H groups in total. The number of anilines is 1. The fourth-order valence-corrected chi connectivity index (χ4v) is 1.90. The van der Waals surface area contributed by atoms with Crippen LogP contribution < -0.4 is 5.32 Å². The van der Waals surface area contributed by atoms with Crippen LogP contribution in [0.3, 0.4) is 0 Å². The first-order valence-electron chi connectivity index (χ1n) is 5.83. The first kappa shape index (κ1) is 11.9. The smallest absolute Gasteiger partial charge is 0.255 e. The monoisotopic (exact) mass is 234 g/mol. The fraction of sp³-hybridized carbons (Fsp3) is 0.462. The van der Waals surface area contributed by atoms with Crippen molar-refractivity contribution in [2.75, 3.05) is 32.6 Å². The number of hydrogen-bond acceptors (Lipinski definition) is 3. The molecule has 4 nitrogen and oxygen atoms in total. The minimum atomic E-state index is 0.0204. The van der Waals surface area contributed by atoms with E-state index in [4.69, 9.17) is 4.74 Å². The van der Waals surface area contributed by atoms with E-state index in [1.807, 2.05) is 24.3 Å². The predicted molar refractivity (Wildman–Crippen MR) is 67.3 cm³/mol. The molecule has 1 fully saturated rings. The number of para-hydroxylation sites is 1. The van der Waals surface area contributed by atoms with Crippen molar-refractivity contribution in [1.82, 2.24) is 4.90 Å². The molecule has 4 heteroatoms. The SMILES string of the molecule is CN(C)C(=O)c1ccccc1NC1CCOC1. The number of nitrogens with one attached hydrogen (secondary N) is 1. The second-order valence-electron chi connectivity index (χ2n) is 4.45. The summed E-state index contributed by atoms with van der Waals surface area (Å²) >= 11 is 0. The Bertz CT molecular complexity index is 398. The summed E-state index contributed by atoms with van der Waals surface area (Å²) in [5, 5.41) is 3.37. The average Bonchev–Trinajstić information content (AvgIpc) is 2.81. The summed E-state index contributed by atoms with van der Waals surface area (Å²) in [5.74, 6) is 0.0204. The number of amides is 1. The molecule has 0 radical (unpaired) electrons. The molecular formula is C13H18N2O2. The first-order chi connectivity index (χ1) is 8.18. The molecule has 0 saturated carbocycles. The van der Waals surface area contributed by atoms with E-state index < -0.39 is 0 Å². The van der Waals surface area contributed by atoms with E-state index in [0.717, 1.165) is 18.7 Å². The molecule has 1 unspecified atom stereocenters. The van der Waals surface area contributed by atoms with Gasteiger partial charge in [-0.05, 0) is 18.6 Å². The van der Waals surface area contributed by atoms with E-state index in [1.54, 1.807) is 19.0 Å². The van der Waals surface area contributed by atoms with E-state index in [-0.39, 0.29) is 5.91 Å². The zero-order valence-corrected chi connectivity index (χ0v) is 10.3. The molecule has 17 heavy (non-hydrogen) atoms. The van der Waals surface area contributed by atoms with Gasteiger partial charge in [0.05, 0.1) is 18.2 Å². The van der Waals surface area contributed by atoms with Gasteiger partial charge in [0.25, 0.3) is 5.91 Å². The molecular weight excluding hydrogens is 216 g/mol. The van der Waals surface area contributed by atoms with Gasteiger partial charge in [0.1, 0.15) is 0 Å². The molecule has 0 aliphatic carbocycles. The summed E-state index contributed by atoms with van der Waals surface area (Å²) in [6.07, 6.45) is 0.991. The van der Waals surface area contributed by atoms with Gasteiger partial charge >= 0.3 is 0 Å². The fourth-order valence-electron chi connectivity index (χ4n) is 1.90. The van der Waals surface area contributed by atoms with E-state index in [9.17, 15) is 4.79 Å². The molecule has 1 aliphatic rings. The zero-order valence-electron chi connectivity index (χ0n) is 10.3. The summed E-state index contributed by atoms with van der Waals surface area (Å²) in [4.78, 5) is 13.6. The van der Waals surface area contributed by atoms with Gasteiger partial charge < -0.3 is 15.0 Å². The minimum Gasteiger partial charge on any atom is -0.379 e. The van der Waals surface area contributed by atoms with Crippen LogP contribution in [0.5, 0.6) is 0 Å². The van der Waals surface area contributed by atoms with Crippen LogP contribution in [-0.4, -0.2) is 44.2 Å². The van der Waals surface area contributed by atoms with Crippen LogP contribution in [0.25, 0.3) is 0 Å². The second kappa shape index (κ2) is 5.19. The van der Waals surface area contributed by atoms with Gasteiger partial charge in [0.2, 0.25) is 0 Å². The molecule has 0 spiro atoms. The average molecular weight is 234 g/mol. The third kappa shape index (κ3) is 2.77. The van der Waals surface area contributed by atoms with Crippen molar-refractivity contribution in [3.05, 3.63) is 29.8 Å². The van der Waals surface area contributed by atoms with Crippen molar-refractivity contribution < 1.29 is 9.53 Å². The van der Waals surface area contributed by atoms with E-state index in [0.29, 0.717) is 18.2 Å². The number of rotatable bonds is 3. The zero-order chi connectivity index (χ0) is 12.3. The Hall–Kier alpha value is -1.55. The summed E-state index contributed by atoms with van der Waals surface area (Å²) < 4.78 is 5.32. The van der Waals surface area contributed by atoms with Crippen LogP contribution in [-0.2, 0) is 4.74 Å². The van der Waals surface area contributed by atoms with Gasteiger partial charge in [-0.2, -0.15) is 0 Å². The molecule has 1 saturated heterocycles. The third-order valence-corrected chi connectivity index (χ3v) is 2.85. The van der Waals surface area contributed by atoms with Crippen LogP contribution >= 0.6 is 0 Å². The maximum Gasteiger partial charge on any atom is 0.255 e. The van der Waals surface area contributed by atoms with Crippen LogP contribution in [0.1, 0.15) is 16.8 Å². The molecule has 1 amide bonds. The Balaban J connectivity index is 2.17. The van der Waals surface area contributed by atoms with Crippen LogP contribution in [0, 0.1) is 0 Å². The summed E-state index contributed by atoms with van der Waals surface area (Å²) in [5.41, 5.74) is 1.60. The lowest BCUT2D eigenvalue weighted by Gasteiger charge is -2.18. The van der Waals surface area contributed by atoms with Gasteiger partial charge in [0.15, 0.2) is 0 Å². The lowest BCUT2D eigenvalue weighted by atomic mass is 10.1. The van der Waals surface area contributed by atoms with Gasteiger partial charge in [-0.3, -0.25) is 4.79 Å². The van der Waals surface area contributed by atoms with Crippen molar-refractivity contribution in [2.45, 2.75) is 12.5 Å². The maximum absolute atomic E-state index is 12.0. The Morgan fingerprint density at radius 3 is 2.82 bits per heavy atom. The van der Waals surface area contributed by atoms with Gasteiger partial charge in [0, 0.05) is 26.4 Å². The minimum absolute atomic E-state index is 0.0204. The largest absolute Gasteiger partial charge is 0.379 e. The van der Waals surface area contributed by atoms with Gasteiger partial charge in [-0.1, -0.05) is 12.1 Å². The molecule has 0 aromatic heterocycles. The van der Waals surface area contributed by atoms with Crippen molar-refractivity contribution in [3.63, 3.8) is 0 Å². The molecule has 1 heterocycles. The molecule has 2 rings (SSSR count). The van der Waals surface area contributed by atoms with E-state index in [1.165, 1.54) is 0 Å². The van der Waals surface area contributed by atoms with Gasteiger partial charge in [-0.15, -0.1) is 0 Å². The third-order valence-electron chi connectivity index (χ3n) is 2.85. The number of carbonyl (C=O) groups excluding carboxylic acids is 1. The Morgan fingerprint density at radius 2 is 2.18 bits per heavy atom. The van der Waals surface area contributed by atoms with Crippen LogP contribution in [0.4, 0.5) is 5.69 Å².